The van der Waals surface area contributed by atoms with Crippen molar-refractivity contribution in [1.29, 1.82) is 0 Å². The fourth-order valence-corrected chi connectivity index (χ4v) is 3.84. The largest absolute Gasteiger partial charge is 0.492 e. The predicted molar refractivity (Wildman–Crippen MR) is 92.2 cm³/mol. The van der Waals surface area contributed by atoms with Crippen molar-refractivity contribution in [3.05, 3.63) is 29.3 Å². The first kappa shape index (κ1) is 16.8. The van der Waals surface area contributed by atoms with E-state index in [1.54, 1.807) is 0 Å². The number of urea groups is 1. The van der Waals surface area contributed by atoms with Crippen LogP contribution in [0.25, 0.3) is 0 Å². The van der Waals surface area contributed by atoms with Crippen LogP contribution in [0.4, 0.5) is 4.79 Å². The first-order valence-electron chi connectivity index (χ1n) is 8.80. The van der Waals surface area contributed by atoms with Gasteiger partial charge in [-0.1, -0.05) is 32.8 Å². The summed E-state index contributed by atoms with van der Waals surface area (Å²) in [6.45, 7) is 7.01. The highest BCUT2D eigenvalue weighted by Crippen LogP contribution is 2.34. The maximum atomic E-state index is 12.5. The molecule has 3 amide bonds. The van der Waals surface area contributed by atoms with Gasteiger partial charge in [-0.3, -0.25) is 9.69 Å². The normalized spacial score (nSPS) is 19.4. The second kappa shape index (κ2) is 6.46. The molecule has 1 aliphatic carbocycles. The van der Waals surface area contributed by atoms with Crippen LogP contribution in [0.5, 0.6) is 5.75 Å². The first-order valence-corrected chi connectivity index (χ1v) is 8.80. The molecule has 0 atom stereocenters. The van der Waals surface area contributed by atoms with E-state index in [1.807, 2.05) is 12.1 Å². The van der Waals surface area contributed by atoms with Crippen LogP contribution >= 0.6 is 0 Å². The maximum absolute atomic E-state index is 12.5. The summed E-state index contributed by atoms with van der Waals surface area (Å²) in [5, 5.41) is 2.89. The molecule has 0 unspecified atom stereocenters. The summed E-state index contributed by atoms with van der Waals surface area (Å²) in [6, 6.07) is 5.76. The minimum absolute atomic E-state index is 0.0834. The SMILES string of the molecule is Cc1cc(OCCN2C(=O)NC3(CCCC3)C2=O)ccc1C(C)C. The number of hydrogen-bond acceptors (Lipinski definition) is 3. The van der Waals surface area contributed by atoms with Crippen LogP contribution < -0.4 is 10.1 Å². The monoisotopic (exact) mass is 330 g/mol. The van der Waals surface area contributed by atoms with E-state index >= 15 is 0 Å². The Hall–Kier alpha value is -2.04. The highest BCUT2D eigenvalue weighted by Gasteiger charge is 2.52. The summed E-state index contributed by atoms with van der Waals surface area (Å²) in [5.74, 6) is 1.17. The third kappa shape index (κ3) is 2.99. The van der Waals surface area contributed by atoms with E-state index in [-0.39, 0.29) is 18.5 Å². The van der Waals surface area contributed by atoms with Crippen LogP contribution in [-0.2, 0) is 4.79 Å². The summed E-state index contributed by atoms with van der Waals surface area (Å²) in [6.07, 6.45) is 3.51. The highest BCUT2D eigenvalue weighted by molar-refractivity contribution is 6.07. The quantitative estimate of drug-likeness (QED) is 0.842. The van der Waals surface area contributed by atoms with Gasteiger partial charge in [-0.15, -0.1) is 0 Å². The molecular weight excluding hydrogens is 304 g/mol. The third-order valence-electron chi connectivity index (χ3n) is 5.15. The molecule has 1 aromatic rings. The van der Waals surface area contributed by atoms with Gasteiger partial charge < -0.3 is 10.1 Å². The summed E-state index contributed by atoms with van der Waals surface area (Å²) >= 11 is 0. The lowest BCUT2D eigenvalue weighted by molar-refractivity contribution is -0.131. The van der Waals surface area contributed by atoms with Gasteiger partial charge >= 0.3 is 6.03 Å². The van der Waals surface area contributed by atoms with Crippen molar-refractivity contribution in [3.63, 3.8) is 0 Å². The van der Waals surface area contributed by atoms with Gasteiger partial charge in [0.05, 0.1) is 6.54 Å². The van der Waals surface area contributed by atoms with Crippen molar-refractivity contribution < 1.29 is 14.3 Å². The molecule has 1 heterocycles. The Bertz CT molecular complexity index is 648. The molecule has 0 radical (unpaired) electrons. The van der Waals surface area contributed by atoms with Crippen molar-refractivity contribution in [2.75, 3.05) is 13.2 Å². The molecule has 1 N–H and O–H groups in total. The van der Waals surface area contributed by atoms with E-state index in [4.69, 9.17) is 4.74 Å². The second-order valence-corrected chi connectivity index (χ2v) is 7.20. The van der Waals surface area contributed by atoms with Gasteiger partial charge in [0.1, 0.15) is 17.9 Å². The van der Waals surface area contributed by atoms with E-state index in [0.29, 0.717) is 12.5 Å². The topological polar surface area (TPSA) is 58.6 Å². The number of benzene rings is 1. The van der Waals surface area contributed by atoms with Gasteiger partial charge in [0.2, 0.25) is 0 Å². The molecule has 5 nitrogen and oxygen atoms in total. The molecule has 1 spiro atoms. The minimum Gasteiger partial charge on any atom is -0.492 e. The molecule has 0 bridgehead atoms. The van der Waals surface area contributed by atoms with Gasteiger partial charge in [0.15, 0.2) is 0 Å². The Morgan fingerprint density at radius 3 is 2.58 bits per heavy atom. The van der Waals surface area contributed by atoms with Crippen LogP contribution in [0.1, 0.15) is 56.6 Å². The maximum Gasteiger partial charge on any atom is 0.325 e. The van der Waals surface area contributed by atoms with E-state index in [0.717, 1.165) is 31.4 Å². The molecular formula is C19H26N2O3. The van der Waals surface area contributed by atoms with Gasteiger partial charge in [-0.2, -0.15) is 0 Å². The molecule has 2 fully saturated rings. The molecule has 2 aliphatic rings. The Morgan fingerprint density at radius 2 is 1.96 bits per heavy atom. The van der Waals surface area contributed by atoms with Crippen molar-refractivity contribution in [1.82, 2.24) is 10.2 Å². The third-order valence-corrected chi connectivity index (χ3v) is 5.15. The first-order chi connectivity index (χ1) is 11.4. The number of aryl methyl sites for hydroxylation is 1. The van der Waals surface area contributed by atoms with Crippen molar-refractivity contribution in [2.45, 2.75) is 57.9 Å². The van der Waals surface area contributed by atoms with Gasteiger partial charge in [0, 0.05) is 0 Å². The smallest absolute Gasteiger partial charge is 0.325 e. The molecule has 5 heteroatoms. The number of hydrogen-bond donors (Lipinski definition) is 1. The van der Waals surface area contributed by atoms with Crippen molar-refractivity contribution >= 4 is 11.9 Å². The summed E-state index contributed by atoms with van der Waals surface area (Å²) in [7, 11) is 0. The number of nitrogens with zero attached hydrogens (tertiary/aromatic N) is 1. The Balaban J connectivity index is 1.58. The van der Waals surface area contributed by atoms with Crippen LogP contribution in [0, 0.1) is 6.92 Å². The predicted octanol–water partition coefficient (Wildman–Crippen LogP) is 3.36. The van der Waals surface area contributed by atoms with Crippen molar-refractivity contribution in [3.8, 4) is 5.75 Å². The summed E-state index contributed by atoms with van der Waals surface area (Å²) in [5.41, 5.74) is 1.87. The van der Waals surface area contributed by atoms with Crippen LogP contribution in [0.2, 0.25) is 0 Å². The number of carbonyl (C=O) groups is 2. The van der Waals surface area contributed by atoms with E-state index in [2.05, 4.69) is 32.2 Å². The highest BCUT2D eigenvalue weighted by atomic mass is 16.5. The number of amides is 3. The summed E-state index contributed by atoms with van der Waals surface area (Å²) in [4.78, 5) is 25.9. The van der Waals surface area contributed by atoms with E-state index < -0.39 is 5.54 Å². The van der Waals surface area contributed by atoms with Crippen LogP contribution in [0.3, 0.4) is 0 Å². The zero-order valence-corrected chi connectivity index (χ0v) is 14.7. The lowest BCUT2D eigenvalue weighted by Gasteiger charge is -2.20. The molecule has 24 heavy (non-hydrogen) atoms. The minimum atomic E-state index is -0.632. The Morgan fingerprint density at radius 1 is 1.25 bits per heavy atom. The number of ether oxygens (including phenoxy) is 1. The zero-order valence-electron chi connectivity index (χ0n) is 14.7. The second-order valence-electron chi connectivity index (χ2n) is 7.20. The standard InChI is InChI=1S/C19H26N2O3/c1-13(2)16-7-6-15(12-14(16)3)24-11-10-21-17(22)19(20-18(21)23)8-4-5-9-19/h6-7,12-13H,4-5,8-11H2,1-3H3,(H,20,23). The van der Waals surface area contributed by atoms with Crippen LogP contribution in [-0.4, -0.2) is 35.5 Å². The zero-order chi connectivity index (χ0) is 17.3. The fraction of sp³-hybridized carbons (Fsp3) is 0.579. The molecule has 1 saturated carbocycles. The Kier molecular flexibility index (Phi) is 4.52. The Labute approximate surface area is 143 Å². The molecule has 1 aromatic carbocycles. The lowest BCUT2D eigenvalue weighted by atomic mass is 9.98. The number of nitrogens with one attached hydrogen (secondary N) is 1. The fourth-order valence-electron chi connectivity index (χ4n) is 3.84. The van der Waals surface area contributed by atoms with Gasteiger partial charge in [0.25, 0.3) is 5.91 Å². The molecule has 3 rings (SSSR count). The van der Waals surface area contributed by atoms with Gasteiger partial charge in [-0.25, -0.2) is 4.79 Å². The van der Waals surface area contributed by atoms with E-state index in [9.17, 15) is 9.59 Å². The molecule has 130 valence electrons. The van der Waals surface area contributed by atoms with Crippen LogP contribution in [0.15, 0.2) is 18.2 Å². The molecule has 1 aliphatic heterocycles. The average molecular weight is 330 g/mol. The molecule has 1 saturated heterocycles. The molecule has 0 aromatic heterocycles. The van der Waals surface area contributed by atoms with Crippen molar-refractivity contribution in [2.24, 2.45) is 0 Å². The number of carbonyl (C=O) groups excluding carboxylic acids is 2. The van der Waals surface area contributed by atoms with E-state index in [1.165, 1.54) is 16.0 Å². The lowest BCUT2D eigenvalue weighted by Crippen LogP contribution is -2.44. The number of rotatable bonds is 5. The summed E-state index contributed by atoms with van der Waals surface area (Å²) < 4.78 is 5.76. The average Bonchev–Trinajstić information content (AvgIpc) is 3.08. The number of imide groups is 1. The van der Waals surface area contributed by atoms with Gasteiger partial charge in [-0.05, 0) is 48.9 Å².